The summed E-state index contributed by atoms with van der Waals surface area (Å²) in [6, 6.07) is 5.69. The maximum atomic E-state index is 9.00. The Hall–Kier alpha value is -2.42. The summed E-state index contributed by atoms with van der Waals surface area (Å²) < 4.78 is 1.94. The van der Waals surface area contributed by atoms with Gasteiger partial charge < -0.3 is 9.88 Å². The fraction of sp³-hybridized carbons (Fsp3) is 0.333. The number of nitrogens with zero attached hydrogens (tertiary/aromatic N) is 5. The molecular formula is C12H14N6. The van der Waals surface area contributed by atoms with Crippen molar-refractivity contribution in [1.82, 2.24) is 19.7 Å². The summed E-state index contributed by atoms with van der Waals surface area (Å²) in [5, 5.41) is 20.0. The Bertz CT molecular complexity index is 580. The summed E-state index contributed by atoms with van der Waals surface area (Å²) in [4.78, 5) is 4.31. The molecule has 92 valence electrons. The number of pyridine rings is 1. The second-order valence-electron chi connectivity index (χ2n) is 3.85. The van der Waals surface area contributed by atoms with Crippen LogP contribution in [0.3, 0.4) is 0 Å². The standard InChI is InChI=1S/C12H14N6/c1-3-18-8-15-17-11(18)7-14-12-10(6-13)5-4-9(2)16-12/h4-5,8H,3,7H2,1-2H3,(H,14,16). The number of anilines is 1. The zero-order valence-corrected chi connectivity index (χ0v) is 10.4. The number of aromatic nitrogens is 4. The normalized spacial score (nSPS) is 10.1. The molecule has 0 bridgehead atoms. The smallest absolute Gasteiger partial charge is 0.152 e. The van der Waals surface area contributed by atoms with E-state index in [2.05, 4.69) is 26.6 Å². The van der Waals surface area contributed by atoms with E-state index < -0.39 is 0 Å². The van der Waals surface area contributed by atoms with Crippen LogP contribution in [0.1, 0.15) is 24.0 Å². The molecule has 0 saturated carbocycles. The van der Waals surface area contributed by atoms with Gasteiger partial charge in [0.15, 0.2) is 5.82 Å². The van der Waals surface area contributed by atoms with E-state index >= 15 is 0 Å². The van der Waals surface area contributed by atoms with Gasteiger partial charge in [0.2, 0.25) is 0 Å². The van der Waals surface area contributed by atoms with Crippen LogP contribution >= 0.6 is 0 Å². The first-order valence-electron chi connectivity index (χ1n) is 5.73. The second-order valence-corrected chi connectivity index (χ2v) is 3.85. The van der Waals surface area contributed by atoms with E-state index in [1.807, 2.05) is 24.5 Å². The lowest BCUT2D eigenvalue weighted by molar-refractivity contribution is 0.707. The van der Waals surface area contributed by atoms with Crippen molar-refractivity contribution >= 4 is 5.82 Å². The third-order valence-corrected chi connectivity index (χ3v) is 2.61. The zero-order valence-electron chi connectivity index (χ0n) is 10.4. The van der Waals surface area contributed by atoms with Gasteiger partial charge in [0, 0.05) is 12.2 Å². The molecule has 0 amide bonds. The quantitative estimate of drug-likeness (QED) is 0.878. The lowest BCUT2D eigenvalue weighted by Gasteiger charge is -2.08. The van der Waals surface area contributed by atoms with Crippen LogP contribution in [-0.2, 0) is 13.1 Å². The molecule has 0 fully saturated rings. The highest BCUT2D eigenvalue weighted by atomic mass is 15.3. The van der Waals surface area contributed by atoms with Crippen LogP contribution in [0.4, 0.5) is 5.82 Å². The van der Waals surface area contributed by atoms with Gasteiger partial charge in [-0.15, -0.1) is 10.2 Å². The fourth-order valence-corrected chi connectivity index (χ4v) is 1.62. The molecule has 0 saturated heterocycles. The molecule has 0 radical (unpaired) electrons. The highest BCUT2D eigenvalue weighted by Crippen LogP contribution is 2.13. The lowest BCUT2D eigenvalue weighted by atomic mass is 10.2. The van der Waals surface area contributed by atoms with Crippen LogP contribution in [0.2, 0.25) is 0 Å². The van der Waals surface area contributed by atoms with Crippen molar-refractivity contribution in [3.8, 4) is 6.07 Å². The van der Waals surface area contributed by atoms with Crippen molar-refractivity contribution in [2.45, 2.75) is 26.9 Å². The minimum absolute atomic E-state index is 0.499. The first kappa shape index (κ1) is 12.0. The monoisotopic (exact) mass is 242 g/mol. The van der Waals surface area contributed by atoms with Gasteiger partial charge in [-0.3, -0.25) is 0 Å². The van der Waals surface area contributed by atoms with Crippen LogP contribution < -0.4 is 5.32 Å². The average Bonchev–Trinajstić information content (AvgIpc) is 2.84. The van der Waals surface area contributed by atoms with Crippen molar-refractivity contribution in [3.05, 3.63) is 35.5 Å². The van der Waals surface area contributed by atoms with Crippen LogP contribution in [0, 0.1) is 18.3 Å². The number of hydrogen-bond acceptors (Lipinski definition) is 5. The largest absolute Gasteiger partial charge is 0.362 e. The molecule has 0 aliphatic carbocycles. The van der Waals surface area contributed by atoms with Crippen molar-refractivity contribution in [2.24, 2.45) is 0 Å². The summed E-state index contributed by atoms with van der Waals surface area (Å²) in [6.07, 6.45) is 1.69. The van der Waals surface area contributed by atoms with Crippen LogP contribution in [-0.4, -0.2) is 19.7 Å². The Morgan fingerprint density at radius 2 is 2.28 bits per heavy atom. The maximum Gasteiger partial charge on any atom is 0.152 e. The first-order valence-corrected chi connectivity index (χ1v) is 5.73. The summed E-state index contributed by atoms with van der Waals surface area (Å²) in [6.45, 7) is 5.23. The molecule has 2 aromatic rings. The molecule has 0 aliphatic rings. The molecule has 6 heteroatoms. The Morgan fingerprint density at radius 3 is 3.00 bits per heavy atom. The predicted octanol–water partition coefficient (Wildman–Crippen LogP) is 1.49. The van der Waals surface area contributed by atoms with Gasteiger partial charge in [0.25, 0.3) is 0 Å². The predicted molar refractivity (Wildman–Crippen MR) is 66.7 cm³/mol. The zero-order chi connectivity index (χ0) is 13.0. The van der Waals surface area contributed by atoms with Crippen LogP contribution in [0.25, 0.3) is 0 Å². The van der Waals surface area contributed by atoms with Gasteiger partial charge in [-0.05, 0) is 26.0 Å². The lowest BCUT2D eigenvalue weighted by Crippen LogP contribution is -2.09. The Labute approximate surface area is 105 Å². The third-order valence-electron chi connectivity index (χ3n) is 2.61. The number of aryl methyl sites for hydroxylation is 2. The Morgan fingerprint density at radius 1 is 1.44 bits per heavy atom. The highest BCUT2D eigenvalue weighted by Gasteiger charge is 2.06. The Kier molecular flexibility index (Phi) is 3.53. The molecule has 18 heavy (non-hydrogen) atoms. The molecule has 6 nitrogen and oxygen atoms in total. The molecule has 0 atom stereocenters. The number of rotatable bonds is 4. The summed E-state index contributed by atoms with van der Waals surface area (Å²) >= 11 is 0. The molecule has 0 spiro atoms. The fourth-order valence-electron chi connectivity index (χ4n) is 1.62. The van der Waals surface area contributed by atoms with Gasteiger partial charge >= 0.3 is 0 Å². The van der Waals surface area contributed by atoms with Crippen LogP contribution in [0.15, 0.2) is 18.5 Å². The van der Waals surface area contributed by atoms with Gasteiger partial charge in [0.05, 0.1) is 12.1 Å². The maximum absolute atomic E-state index is 9.00. The molecule has 2 aromatic heterocycles. The SMILES string of the molecule is CCn1cnnc1CNc1nc(C)ccc1C#N. The molecule has 2 heterocycles. The van der Waals surface area contributed by atoms with Crippen molar-refractivity contribution in [1.29, 1.82) is 5.26 Å². The molecule has 0 unspecified atom stereocenters. The van der Waals surface area contributed by atoms with E-state index in [9.17, 15) is 0 Å². The van der Waals surface area contributed by atoms with Gasteiger partial charge in [-0.25, -0.2) is 4.98 Å². The molecule has 0 aliphatic heterocycles. The minimum atomic E-state index is 0.499. The third kappa shape index (κ3) is 2.46. The topological polar surface area (TPSA) is 79.4 Å². The van der Waals surface area contributed by atoms with E-state index in [-0.39, 0.29) is 0 Å². The van der Waals surface area contributed by atoms with Crippen molar-refractivity contribution in [3.63, 3.8) is 0 Å². The summed E-state index contributed by atoms with van der Waals surface area (Å²) in [7, 11) is 0. The van der Waals surface area contributed by atoms with Gasteiger partial charge in [-0.1, -0.05) is 0 Å². The van der Waals surface area contributed by atoms with E-state index in [0.29, 0.717) is 17.9 Å². The summed E-state index contributed by atoms with van der Waals surface area (Å²) in [5.41, 5.74) is 1.40. The number of nitriles is 1. The Balaban J connectivity index is 2.15. The number of nitrogens with one attached hydrogen (secondary N) is 1. The average molecular weight is 242 g/mol. The van der Waals surface area contributed by atoms with E-state index in [0.717, 1.165) is 18.1 Å². The van der Waals surface area contributed by atoms with E-state index in [1.165, 1.54) is 0 Å². The van der Waals surface area contributed by atoms with E-state index in [4.69, 9.17) is 5.26 Å². The minimum Gasteiger partial charge on any atom is -0.362 e. The van der Waals surface area contributed by atoms with Gasteiger partial charge in [0.1, 0.15) is 18.2 Å². The van der Waals surface area contributed by atoms with E-state index in [1.54, 1.807) is 12.4 Å². The molecule has 0 aromatic carbocycles. The molecular weight excluding hydrogens is 228 g/mol. The first-order chi connectivity index (χ1) is 8.74. The van der Waals surface area contributed by atoms with Crippen LogP contribution in [0.5, 0.6) is 0 Å². The van der Waals surface area contributed by atoms with Crippen molar-refractivity contribution in [2.75, 3.05) is 5.32 Å². The second kappa shape index (κ2) is 5.27. The highest BCUT2D eigenvalue weighted by molar-refractivity contribution is 5.52. The number of hydrogen-bond donors (Lipinski definition) is 1. The van der Waals surface area contributed by atoms with Crippen molar-refractivity contribution < 1.29 is 0 Å². The van der Waals surface area contributed by atoms with Gasteiger partial charge in [-0.2, -0.15) is 5.26 Å². The summed E-state index contributed by atoms with van der Waals surface area (Å²) in [5.74, 6) is 1.41. The molecule has 1 N–H and O–H groups in total. The molecule has 2 rings (SSSR count).